The van der Waals surface area contributed by atoms with Crippen LogP contribution in [0.25, 0.3) is 0 Å². The number of nitrogens with zero attached hydrogens (tertiary/aromatic N) is 1. The number of hydrogen-bond donors (Lipinski definition) is 1. The van der Waals surface area contributed by atoms with Gasteiger partial charge in [0.1, 0.15) is 5.15 Å². The number of hydrogen-bond acceptors (Lipinski definition) is 2. The first-order valence-corrected chi connectivity index (χ1v) is 8.93. The van der Waals surface area contributed by atoms with E-state index >= 15 is 0 Å². The molecule has 1 heterocycles. The zero-order chi connectivity index (χ0) is 15.7. The van der Waals surface area contributed by atoms with Crippen molar-refractivity contribution in [2.45, 2.75) is 78.2 Å². The van der Waals surface area contributed by atoms with E-state index in [0.717, 1.165) is 11.3 Å². The molecule has 1 aromatic heterocycles. The second-order valence-electron chi connectivity index (χ2n) is 5.76. The quantitative estimate of drug-likeness (QED) is 0.384. The van der Waals surface area contributed by atoms with Crippen LogP contribution in [0.3, 0.4) is 0 Å². The van der Waals surface area contributed by atoms with Crippen molar-refractivity contribution in [2.75, 3.05) is 5.32 Å². The van der Waals surface area contributed by atoms with Gasteiger partial charge in [-0.3, -0.25) is 0 Å². The molecule has 0 atom stereocenters. The molecule has 21 heavy (non-hydrogen) atoms. The fourth-order valence-corrected chi connectivity index (χ4v) is 3.13. The third-order valence-electron chi connectivity index (χ3n) is 3.80. The summed E-state index contributed by atoms with van der Waals surface area (Å²) in [6.45, 7) is 6.50. The fraction of sp³-hybridized carbons (Fsp3) is 0.706. The second-order valence-corrected chi connectivity index (χ2v) is 6.51. The number of halogens is 2. The van der Waals surface area contributed by atoms with E-state index in [0.29, 0.717) is 16.3 Å². The van der Waals surface area contributed by atoms with Crippen molar-refractivity contribution in [1.82, 2.24) is 4.98 Å². The van der Waals surface area contributed by atoms with Gasteiger partial charge in [0, 0.05) is 6.04 Å². The van der Waals surface area contributed by atoms with Crippen LogP contribution in [-0.2, 0) is 0 Å². The number of anilines is 1. The highest BCUT2D eigenvalue weighted by molar-refractivity contribution is 6.34. The molecule has 0 amide bonds. The number of pyridine rings is 1. The van der Waals surface area contributed by atoms with Crippen LogP contribution in [0.4, 0.5) is 5.69 Å². The third-order valence-corrected chi connectivity index (χ3v) is 4.27. The monoisotopic (exact) mass is 330 g/mol. The van der Waals surface area contributed by atoms with E-state index in [2.05, 4.69) is 24.1 Å². The van der Waals surface area contributed by atoms with Gasteiger partial charge in [0.2, 0.25) is 0 Å². The molecular weight excluding hydrogens is 303 g/mol. The molecular formula is C17H28Cl2N2. The Morgan fingerprint density at radius 2 is 1.62 bits per heavy atom. The van der Waals surface area contributed by atoms with Crippen LogP contribution in [0.15, 0.2) is 6.07 Å². The van der Waals surface area contributed by atoms with Gasteiger partial charge in [-0.2, -0.15) is 0 Å². The second kappa shape index (κ2) is 10.3. The molecule has 120 valence electrons. The van der Waals surface area contributed by atoms with Gasteiger partial charge < -0.3 is 5.32 Å². The first-order valence-electron chi connectivity index (χ1n) is 8.17. The minimum absolute atomic E-state index is 0.455. The zero-order valence-corrected chi connectivity index (χ0v) is 15.0. The number of nitrogens with one attached hydrogen (secondary N) is 1. The van der Waals surface area contributed by atoms with Crippen molar-refractivity contribution >= 4 is 28.9 Å². The van der Waals surface area contributed by atoms with Crippen molar-refractivity contribution in [3.8, 4) is 0 Å². The van der Waals surface area contributed by atoms with Gasteiger partial charge in [-0.05, 0) is 31.4 Å². The molecule has 2 nitrogen and oxygen atoms in total. The molecule has 1 aromatic rings. The van der Waals surface area contributed by atoms with Gasteiger partial charge >= 0.3 is 0 Å². The zero-order valence-electron chi connectivity index (χ0n) is 13.5. The Kier molecular flexibility index (Phi) is 9.10. The molecule has 0 radical (unpaired) electrons. The van der Waals surface area contributed by atoms with Crippen LogP contribution < -0.4 is 5.32 Å². The summed E-state index contributed by atoms with van der Waals surface area (Å²) in [5, 5.41) is 4.55. The van der Waals surface area contributed by atoms with E-state index in [1.807, 2.05) is 13.0 Å². The predicted octanol–water partition coefficient (Wildman–Crippen LogP) is 6.64. The summed E-state index contributed by atoms with van der Waals surface area (Å²) in [5.41, 5.74) is 2.01. The average molecular weight is 331 g/mol. The summed E-state index contributed by atoms with van der Waals surface area (Å²) in [6.07, 6.45) is 9.99. The largest absolute Gasteiger partial charge is 0.380 e. The number of unbranched alkanes of at least 4 members (excludes halogenated alkanes) is 4. The van der Waals surface area contributed by atoms with Crippen LogP contribution in [0.1, 0.15) is 70.8 Å². The molecule has 1 rings (SSSR count). The third kappa shape index (κ3) is 6.88. The summed E-state index contributed by atoms with van der Waals surface area (Å²) in [6, 6.07) is 2.34. The lowest BCUT2D eigenvalue weighted by atomic mass is 10.0. The van der Waals surface area contributed by atoms with Gasteiger partial charge in [0.15, 0.2) is 5.15 Å². The highest BCUT2D eigenvalue weighted by atomic mass is 35.5. The Hall–Kier alpha value is -0.470. The van der Waals surface area contributed by atoms with Gasteiger partial charge in [-0.1, -0.05) is 75.6 Å². The normalized spacial score (nSPS) is 11.1. The average Bonchev–Trinajstić information content (AvgIpc) is 2.42. The lowest BCUT2D eigenvalue weighted by molar-refractivity contribution is 0.526. The maximum atomic E-state index is 6.24. The summed E-state index contributed by atoms with van der Waals surface area (Å²) in [4.78, 5) is 4.15. The Morgan fingerprint density at radius 3 is 2.10 bits per heavy atom. The van der Waals surface area contributed by atoms with Gasteiger partial charge in [0.05, 0.1) is 5.69 Å². The first kappa shape index (κ1) is 18.6. The molecule has 4 heteroatoms. The Balaban J connectivity index is 2.69. The fourth-order valence-electron chi connectivity index (χ4n) is 2.54. The highest BCUT2D eigenvalue weighted by Gasteiger charge is 2.13. The summed E-state index contributed by atoms with van der Waals surface area (Å²) in [7, 11) is 0. The SMILES string of the molecule is CCCCCC(CCCCC)Nc1c(C)cc(Cl)nc1Cl. The maximum absolute atomic E-state index is 6.24. The molecule has 0 saturated carbocycles. The van der Waals surface area contributed by atoms with Crippen LogP contribution in [0.2, 0.25) is 10.3 Å². The number of aromatic nitrogens is 1. The molecule has 0 aromatic carbocycles. The Morgan fingerprint density at radius 1 is 1.05 bits per heavy atom. The molecule has 0 spiro atoms. The predicted molar refractivity (Wildman–Crippen MR) is 94.7 cm³/mol. The lowest BCUT2D eigenvalue weighted by Crippen LogP contribution is -2.20. The molecule has 0 aliphatic rings. The van der Waals surface area contributed by atoms with E-state index in [-0.39, 0.29) is 0 Å². The maximum Gasteiger partial charge on any atom is 0.154 e. The van der Waals surface area contributed by atoms with Crippen molar-refractivity contribution in [3.63, 3.8) is 0 Å². The number of aryl methyl sites for hydroxylation is 1. The van der Waals surface area contributed by atoms with Crippen LogP contribution in [0, 0.1) is 6.92 Å². The van der Waals surface area contributed by atoms with Gasteiger partial charge in [0.25, 0.3) is 0 Å². The Bertz CT molecular complexity index is 388. The van der Waals surface area contributed by atoms with Crippen LogP contribution in [0.5, 0.6) is 0 Å². The van der Waals surface area contributed by atoms with E-state index < -0.39 is 0 Å². The molecule has 0 fully saturated rings. The molecule has 0 bridgehead atoms. The lowest BCUT2D eigenvalue weighted by Gasteiger charge is -2.22. The Labute approximate surface area is 139 Å². The van der Waals surface area contributed by atoms with E-state index in [1.165, 1.54) is 51.4 Å². The van der Waals surface area contributed by atoms with Gasteiger partial charge in [-0.25, -0.2) is 4.98 Å². The molecule has 0 unspecified atom stereocenters. The topological polar surface area (TPSA) is 24.9 Å². The van der Waals surface area contributed by atoms with Crippen LogP contribution in [-0.4, -0.2) is 11.0 Å². The first-order chi connectivity index (χ1) is 10.1. The summed E-state index contributed by atoms with van der Waals surface area (Å²) in [5.74, 6) is 0. The molecule has 1 N–H and O–H groups in total. The summed E-state index contributed by atoms with van der Waals surface area (Å²) < 4.78 is 0. The molecule has 0 aliphatic heterocycles. The van der Waals surface area contributed by atoms with Crippen molar-refractivity contribution < 1.29 is 0 Å². The van der Waals surface area contributed by atoms with E-state index in [4.69, 9.17) is 23.2 Å². The standard InChI is InChI=1S/C17H28Cl2N2/c1-4-6-8-10-14(11-9-7-5-2)20-16-13(3)12-15(18)21-17(16)19/h12,14,20H,4-11H2,1-3H3. The highest BCUT2D eigenvalue weighted by Crippen LogP contribution is 2.28. The smallest absolute Gasteiger partial charge is 0.154 e. The molecule has 0 saturated heterocycles. The summed E-state index contributed by atoms with van der Waals surface area (Å²) >= 11 is 12.2. The van der Waals surface area contributed by atoms with E-state index in [1.54, 1.807) is 0 Å². The van der Waals surface area contributed by atoms with Gasteiger partial charge in [-0.15, -0.1) is 0 Å². The van der Waals surface area contributed by atoms with Crippen molar-refractivity contribution in [1.29, 1.82) is 0 Å². The molecule has 0 aliphatic carbocycles. The van der Waals surface area contributed by atoms with Crippen molar-refractivity contribution in [2.24, 2.45) is 0 Å². The van der Waals surface area contributed by atoms with Crippen LogP contribution >= 0.6 is 23.2 Å². The number of rotatable bonds is 10. The van der Waals surface area contributed by atoms with Crippen molar-refractivity contribution in [3.05, 3.63) is 21.9 Å². The van der Waals surface area contributed by atoms with E-state index in [9.17, 15) is 0 Å². The minimum Gasteiger partial charge on any atom is -0.380 e. The minimum atomic E-state index is 0.455.